The molecular formula is C48H27N3S. The minimum Gasteiger partial charge on any atom is -0.291 e. The van der Waals surface area contributed by atoms with E-state index in [0.29, 0.717) is 0 Å². The highest BCUT2D eigenvalue weighted by molar-refractivity contribution is 7.26. The van der Waals surface area contributed by atoms with E-state index in [0.717, 1.165) is 44.4 Å². The van der Waals surface area contributed by atoms with Crippen molar-refractivity contribution in [2.45, 2.75) is 0 Å². The van der Waals surface area contributed by atoms with E-state index in [1.807, 2.05) is 17.5 Å². The zero-order chi connectivity index (χ0) is 33.9. The average Bonchev–Trinajstić information content (AvgIpc) is 3.79. The molecule has 52 heavy (non-hydrogen) atoms. The van der Waals surface area contributed by atoms with Gasteiger partial charge in [-0.2, -0.15) is 0 Å². The van der Waals surface area contributed by atoms with Crippen molar-refractivity contribution in [1.82, 2.24) is 14.4 Å². The van der Waals surface area contributed by atoms with Crippen molar-refractivity contribution in [2.24, 2.45) is 0 Å². The summed E-state index contributed by atoms with van der Waals surface area (Å²) in [6.07, 6.45) is 1.98. The highest BCUT2D eigenvalue weighted by Gasteiger charge is 2.20. The fourth-order valence-electron chi connectivity index (χ4n) is 8.43. The monoisotopic (exact) mass is 677 g/mol. The van der Waals surface area contributed by atoms with Crippen molar-refractivity contribution in [3.63, 3.8) is 0 Å². The van der Waals surface area contributed by atoms with Crippen LogP contribution in [-0.2, 0) is 0 Å². The maximum atomic E-state index is 5.52. The Hall–Kier alpha value is -6.62. The second-order valence-electron chi connectivity index (χ2n) is 13.8. The van der Waals surface area contributed by atoms with Gasteiger partial charge in [0.15, 0.2) is 5.65 Å². The first kappa shape index (κ1) is 28.1. The first-order valence-corrected chi connectivity index (χ1v) is 18.5. The Labute approximate surface area is 301 Å². The number of fused-ring (bicyclic) bond motifs is 15. The van der Waals surface area contributed by atoms with Crippen LogP contribution in [0.1, 0.15) is 0 Å². The molecule has 0 N–H and O–H groups in total. The third-order valence-electron chi connectivity index (χ3n) is 11.0. The van der Waals surface area contributed by atoms with Gasteiger partial charge in [-0.1, -0.05) is 121 Å². The van der Waals surface area contributed by atoms with Crippen molar-refractivity contribution in [3.05, 3.63) is 164 Å². The maximum absolute atomic E-state index is 5.52. The molecule has 0 saturated carbocycles. The number of nitrogens with zero attached hydrogens (tertiary/aromatic N) is 3. The second kappa shape index (κ2) is 10.5. The minimum absolute atomic E-state index is 1.00. The molecule has 12 aromatic rings. The molecule has 0 aliphatic heterocycles. The lowest BCUT2D eigenvalue weighted by atomic mass is 9.98. The normalized spacial score (nSPS) is 12.2. The van der Waals surface area contributed by atoms with Gasteiger partial charge in [0.25, 0.3) is 0 Å². The predicted molar refractivity (Wildman–Crippen MR) is 222 cm³/mol. The number of pyridine rings is 2. The summed E-state index contributed by atoms with van der Waals surface area (Å²) in [5.74, 6) is 0. The number of hydrogen-bond donors (Lipinski definition) is 0. The van der Waals surface area contributed by atoms with E-state index in [4.69, 9.17) is 9.97 Å². The van der Waals surface area contributed by atoms with Crippen LogP contribution in [0.15, 0.2) is 164 Å². The third-order valence-corrected chi connectivity index (χ3v) is 12.1. The van der Waals surface area contributed by atoms with E-state index in [1.54, 1.807) is 0 Å². The standard InChI is InChI=1S/C48H27N3S/c1-2-9-32-24-39-34(23-31(32)8-1)18-21-42-46(39)50-48-47-40(45-37-12-6-3-7-29(37)19-22-44(45)52-47)26-43(51(42)48)30-15-13-28(14-16-30)33-17-20-38-36-11-5-4-10-35(36)27-49-41(38)25-33/h1-27H. The van der Waals surface area contributed by atoms with Gasteiger partial charge in [-0.3, -0.25) is 9.38 Å². The molecule has 0 spiro atoms. The highest BCUT2D eigenvalue weighted by atomic mass is 32.1. The van der Waals surface area contributed by atoms with Gasteiger partial charge in [-0.25, -0.2) is 4.98 Å². The van der Waals surface area contributed by atoms with Crippen molar-refractivity contribution < 1.29 is 0 Å². The molecule has 3 nitrogen and oxygen atoms in total. The number of imidazole rings is 1. The van der Waals surface area contributed by atoms with Crippen LogP contribution in [0.5, 0.6) is 0 Å². The number of hydrogen-bond acceptors (Lipinski definition) is 3. The fourth-order valence-corrected chi connectivity index (χ4v) is 9.61. The molecule has 0 saturated heterocycles. The van der Waals surface area contributed by atoms with Gasteiger partial charge in [0.05, 0.1) is 26.9 Å². The largest absolute Gasteiger partial charge is 0.291 e. The Balaban J connectivity index is 1.12. The van der Waals surface area contributed by atoms with E-state index < -0.39 is 0 Å². The Kier molecular flexibility index (Phi) is 5.65. The third kappa shape index (κ3) is 3.95. The lowest BCUT2D eigenvalue weighted by Crippen LogP contribution is -1.93. The van der Waals surface area contributed by atoms with Crippen molar-refractivity contribution in [1.29, 1.82) is 0 Å². The molecule has 4 heterocycles. The summed E-state index contributed by atoms with van der Waals surface area (Å²) in [6.45, 7) is 0. The Morgan fingerprint density at radius 3 is 2.04 bits per heavy atom. The van der Waals surface area contributed by atoms with Crippen LogP contribution in [-0.4, -0.2) is 14.4 Å². The molecule has 0 bridgehead atoms. The molecule has 0 aliphatic rings. The molecule has 12 rings (SSSR count). The molecule has 0 radical (unpaired) electrons. The van der Waals surface area contributed by atoms with E-state index in [-0.39, 0.29) is 0 Å². The smallest absolute Gasteiger partial charge is 0.156 e. The lowest BCUT2D eigenvalue weighted by Gasteiger charge is -2.11. The summed E-state index contributed by atoms with van der Waals surface area (Å²) in [7, 11) is 0. The highest BCUT2D eigenvalue weighted by Crippen LogP contribution is 2.44. The molecular weight excluding hydrogens is 651 g/mol. The Morgan fingerprint density at radius 2 is 1.17 bits per heavy atom. The van der Waals surface area contributed by atoms with E-state index >= 15 is 0 Å². The molecule has 8 aromatic carbocycles. The van der Waals surface area contributed by atoms with Gasteiger partial charge in [0.1, 0.15) is 0 Å². The SMILES string of the molecule is c1ccc2cc3c(ccc4c3nc3c5sc6ccc7ccccc7c6c5cc(-c5ccc(-c6ccc7c(c6)ncc6ccccc67)cc5)n43)cc2c1. The molecule has 0 unspecified atom stereocenters. The zero-order valence-electron chi connectivity index (χ0n) is 27.8. The summed E-state index contributed by atoms with van der Waals surface area (Å²) < 4.78 is 4.89. The average molecular weight is 678 g/mol. The molecule has 0 fully saturated rings. The summed E-state index contributed by atoms with van der Waals surface area (Å²) in [4.78, 5) is 10.3. The summed E-state index contributed by atoms with van der Waals surface area (Å²) in [6, 6.07) is 57.5. The van der Waals surface area contributed by atoms with Gasteiger partial charge < -0.3 is 0 Å². The fraction of sp³-hybridized carbons (Fsp3) is 0. The van der Waals surface area contributed by atoms with Crippen LogP contribution < -0.4 is 0 Å². The lowest BCUT2D eigenvalue weighted by molar-refractivity contribution is 1.25. The summed E-state index contributed by atoms with van der Waals surface area (Å²) in [5.41, 5.74) is 8.78. The predicted octanol–water partition coefficient (Wildman–Crippen LogP) is 13.4. The second-order valence-corrected chi connectivity index (χ2v) is 14.9. The van der Waals surface area contributed by atoms with Crippen LogP contribution in [0, 0.1) is 0 Å². The van der Waals surface area contributed by atoms with Crippen LogP contribution >= 0.6 is 11.3 Å². The number of aromatic nitrogens is 3. The van der Waals surface area contributed by atoms with E-state index in [2.05, 4.69) is 162 Å². The van der Waals surface area contributed by atoms with Gasteiger partial charge in [-0.05, 0) is 85.4 Å². The van der Waals surface area contributed by atoms with Crippen molar-refractivity contribution in [2.75, 3.05) is 0 Å². The molecule has 0 amide bonds. The first-order chi connectivity index (χ1) is 25.7. The molecule has 240 valence electrons. The molecule has 0 aliphatic carbocycles. The number of rotatable bonds is 2. The topological polar surface area (TPSA) is 30.2 Å². The van der Waals surface area contributed by atoms with Crippen LogP contribution in [0.2, 0.25) is 0 Å². The minimum atomic E-state index is 1.00. The zero-order valence-corrected chi connectivity index (χ0v) is 28.7. The van der Waals surface area contributed by atoms with Crippen molar-refractivity contribution >= 4 is 102 Å². The molecule has 4 heteroatoms. The Bertz CT molecular complexity index is 3460. The van der Waals surface area contributed by atoms with Gasteiger partial charge >= 0.3 is 0 Å². The molecule has 4 aromatic heterocycles. The maximum Gasteiger partial charge on any atom is 0.156 e. The number of thiophene rings is 1. The van der Waals surface area contributed by atoms with Crippen LogP contribution in [0.25, 0.3) is 113 Å². The van der Waals surface area contributed by atoms with E-state index in [1.165, 1.54) is 68.8 Å². The van der Waals surface area contributed by atoms with E-state index in [9.17, 15) is 0 Å². The number of benzene rings is 8. The quantitative estimate of drug-likeness (QED) is 0.135. The first-order valence-electron chi connectivity index (χ1n) is 17.6. The Morgan fingerprint density at radius 1 is 0.462 bits per heavy atom. The molecule has 0 atom stereocenters. The summed E-state index contributed by atoms with van der Waals surface area (Å²) in [5, 5.41) is 13.5. The van der Waals surface area contributed by atoms with Gasteiger partial charge in [-0.15, -0.1) is 11.3 Å². The summed E-state index contributed by atoms with van der Waals surface area (Å²) >= 11 is 1.84. The van der Waals surface area contributed by atoms with Crippen molar-refractivity contribution in [3.8, 4) is 22.4 Å². The van der Waals surface area contributed by atoms with Crippen LogP contribution in [0.4, 0.5) is 0 Å². The van der Waals surface area contributed by atoms with Gasteiger partial charge in [0.2, 0.25) is 0 Å². The van der Waals surface area contributed by atoms with Gasteiger partial charge in [0, 0.05) is 37.8 Å². The van der Waals surface area contributed by atoms with Crippen LogP contribution in [0.3, 0.4) is 0 Å².